The van der Waals surface area contributed by atoms with Gasteiger partial charge in [0.1, 0.15) is 35.1 Å². The molecule has 0 radical (unpaired) electrons. The first-order valence-corrected chi connectivity index (χ1v) is 14.6. The Morgan fingerprint density at radius 3 is 2.88 bits per heavy atom. The van der Waals surface area contributed by atoms with E-state index in [1.807, 2.05) is 18.3 Å². The second-order valence-corrected chi connectivity index (χ2v) is 11.4. The minimum atomic E-state index is -0.296. The predicted octanol–water partition coefficient (Wildman–Crippen LogP) is 6.35. The summed E-state index contributed by atoms with van der Waals surface area (Å²) in [6.07, 6.45) is 5.38. The molecule has 3 aromatic heterocycles. The third-order valence-corrected chi connectivity index (χ3v) is 8.71. The van der Waals surface area contributed by atoms with E-state index >= 15 is 0 Å². The number of aryl methyl sites for hydroxylation is 1. The Bertz CT molecular complexity index is 1690. The molecule has 2 aromatic carbocycles. The summed E-state index contributed by atoms with van der Waals surface area (Å²) in [6, 6.07) is 11.8. The maximum Gasteiger partial charge on any atom is 0.142 e. The van der Waals surface area contributed by atoms with Crippen LogP contribution in [0.5, 0.6) is 5.75 Å². The molecule has 1 aliphatic rings. The van der Waals surface area contributed by atoms with E-state index in [1.165, 1.54) is 33.8 Å². The number of aromatic nitrogens is 4. The average molecular weight is 593 g/mol. The highest BCUT2D eigenvalue weighted by Gasteiger charge is 2.27. The highest BCUT2D eigenvalue weighted by atomic mass is 35.5. The summed E-state index contributed by atoms with van der Waals surface area (Å²) >= 11 is 8.23. The van der Waals surface area contributed by atoms with Crippen LogP contribution in [0.15, 0.2) is 55.0 Å². The van der Waals surface area contributed by atoms with E-state index < -0.39 is 0 Å². The molecular weight excluding hydrogens is 563 g/mol. The maximum atomic E-state index is 13.5. The minimum Gasteiger partial charge on any atom is -0.487 e. The summed E-state index contributed by atoms with van der Waals surface area (Å²) in [5, 5.41) is 9.66. The molecule has 1 N–H and O–H groups in total. The van der Waals surface area contributed by atoms with E-state index in [0.29, 0.717) is 10.8 Å². The van der Waals surface area contributed by atoms with Crippen molar-refractivity contribution in [3.8, 4) is 16.2 Å². The summed E-state index contributed by atoms with van der Waals surface area (Å²) < 4.78 is 26.6. The van der Waals surface area contributed by atoms with Gasteiger partial charge >= 0.3 is 0 Å². The Kier molecular flexibility index (Phi) is 8.16. The molecule has 0 amide bonds. The topological polar surface area (TPSA) is 77.3 Å². The summed E-state index contributed by atoms with van der Waals surface area (Å²) in [5.41, 5.74) is 5.22. The Morgan fingerprint density at radius 2 is 2.05 bits per heavy atom. The minimum absolute atomic E-state index is 0.223. The average Bonchev–Trinajstić information content (AvgIpc) is 3.56. The molecule has 0 saturated heterocycles. The van der Waals surface area contributed by atoms with Crippen LogP contribution in [0.25, 0.3) is 20.7 Å². The van der Waals surface area contributed by atoms with Crippen LogP contribution in [0.2, 0.25) is 5.02 Å². The zero-order valence-corrected chi connectivity index (χ0v) is 24.4. The lowest BCUT2D eigenvalue weighted by Crippen LogP contribution is -2.27. The van der Waals surface area contributed by atoms with Crippen molar-refractivity contribution in [2.45, 2.75) is 26.0 Å². The van der Waals surface area contributed by atoms with Crippen molar-refractivity contribution in [1.82, 2.24) is 24.6 Å². The first-order chi connectivity index (χ1) is 20.0. The lowest BCUT2D eigenvalue weighted by molar-refractivity contribution is 0.158. The van der Waals surface area contributed by atoms with Crippen LogP contribution < -0.4 is 10.1 Å². The van der Waals surface area contributed by atoms with Crippen molar-refractivity contribution in [1.29, 1.82) is 0 Å². The number of hydrogen-bond acceptors (Lipinski definition) is 8. The number of halogens is 2. The number of fused-ring (bicyclic) bond motifs is 5. The van der Waals surface area contributed by atoms with Crippen LogP contribution in [0.3, 0.4) is 0 Å². The molecule has 0 atom stereocenters. The number of nitrogens with zero attached hydrogens (tertiary/aromatic N) is 5. The normalized spacial score (nSPS) is 12.5. The largest absolute Gasteiger partial charge is 0.487 e. The van der Waals surface area contributed by atoms with Crippen LogP contribution in [0, 0.1) is 5.82 Å². The van der Waals surface area contributed by atoms with E-state index in [-0.39, 0.29) is 12.4 Å². The molecule has 0 saturated carbocycles. The van der Waals surface area contributed by atoms with Gasteiger partial charge in [-0.1, -0.05) is 23.7 Å². The van der Waals surface area contributed by atoms with Gasteiger partial charge in [0.05, 0.1) is 29.8 Å². The lowest BCUT2D eigenvalue weighted by atomic mass is 9.95. The molecule has 0 bridgehead atoms. The van der Waals surface area contributed by atoms with Crippen LogP contribution in [0.1, 0.15) is 16.8 Å². The van der Waals surface area contributed by atoms with Gasteiger partial charge in [-0.3, -0.25) is 4.68 Å². The van der Waals surface area contributed by atoms with Gasteiger partial charge in [-0.2, -0.15) is 5.10 Å². The number of benzene rings is 2. The zero-order valence-electron chi connectivity index (χ0n) is 22.9. The number of likely N-dealkylation sites (N-methyl/N-ethyl adjacent to an activating group) is 1. The number of anilines is 2. The van der Waals surface area contributed by atoms with Gasteiger partial charge in [0.2, 0.25) is 0 Å². The quantitative estimate of drug-likeness (QED) is 0.192. The van der Waals surface area contributed by atoms with Gasteiger partial charge in [-0.15, -0.1) is 11.3 Å². The summed E-state index contributed by atoms with van der Waals surface area (Å²) in [4.78, 5) is 13.6. The molecule has 5 aromatic rings. The molecule has 3 heterocycles. The second kappa shape index (κ2) is 12.1. The number of rotatable bonds is 11. The van der Waals surface area contributed by atoms with Crippen LogP contribution in [0.4, 0.5) is 15.9 Å². The first-order valence-electron chi connectivity index (χ1n) is 13.4. The molecule has 11 heteroatoms. The fourth-order valence-corrected chi connectivity index (χ4v) is 6.54. The van der Waals surface area contributed by atoms with Crippen molar-refractivity contribution < 1.29 is 13.9 Å². The van der Waals surface area contributed by atoms with Crippen LogP contribution in [-0.4, -0.2) is 58.5 Å². The van der Waals surface area contributed by atoms with E-state index in [1.54, 1.807) is 43.0 Å². The Hall–Kier alpha value is -3.57. The van der Waals surface area contributed by atoms with Gasteiger partial charge in [0.15, 0.2) is 0 Å². The number of hydrogen-bond donors (Lipinski definition) is 1. The number of nitrogens with one attached hydrogen (secondary N) is 1. The van der Waals surface area contributed by atoms with Crippen molar-refractivity contribution in [3.05, 3.63) is 82.6 Å². The van der Waals surface area contributed by atoms with Gasteiger partial charge in [-0.25, -0.2) is 14.4 Å². The van der Waals surface area contributed by atoms with E-state index in [9.17, 15) is 4.39 Å². The number of thiophene rings is 1. The third-order valence-electron chi connectivity index (χ3n) is 7.24. The lowest BCUT2D eigenvalue weighted by Gasteiger charge is -2.19. The predicted molar refractivity (Wildman–Crippen MR) is 161 cm³/mol. The van der Waals surface area contributed by atoms with Crippen molar-refractivity contribution >= 4 is 44.7 Å². The fraction of sp³-hybridized carbons (Fsp3) is 0.300. The Balaban J connectivity index is 1.20. The van der Waals surface area contributed by atoms with Gasteiger partial charge in [0.25, 0.3) is 0 Å². The Morgan fingerprint density at radius 1 is 1.15 bits per heavy atom. The SMILES string of the molecule is COCCN(C)CCn1ncc2c1CCc1c-2sc2ncnc(Nc3ccc(OCc4cccc(F)c4)c(Cl)c3)c12. The molecule has 6 rings (SSSR count). The molecule has 0 unspecified atom stereocenters. The van der Waals surface area contributed by atoms with E-state index in [2.05, 4.69) is 31.9 Å². The van der Waals surface area contributed by atoms with Gasteiger partial charge in [0, 0.05) is 42.0 Å². The molecule has 1 aliphatic carbocycles. The molecule has 212 valence electrons. The maximum absolute atomic E-state index is 13.5. The Labute approximate surface area is 246 Å². The standard InChI is InChI=1S/C30H30ClFN6O2S/c1-37(12-13-39-2)10-11-38-25-8-7-22-27-29(33-18-34-30(27)41-28(22)23(25)16-35-38)36-21-6-9-26(24(31)15-21)40-17-19-4-3-5-20(32)14-19/h3-6,9,14-16,18H,7-8,10-13,17H2,1-2H3,(H,33,34,36). The monoisotopic (exact) mass is 592 g/mol. The van der Waals surface area contributed by atoms with Crippen LogP contribution >= 0.6 is 22.9 Å². The molecule has 0 fully saturated rings. The highest BCUT2D eigenvalue weighted by Crippen LogP contribution is 2.45. The fourth-order valence-electron chi connectivity index (χ4n) is 5.09. The smallest absolute Gasteiger partial charge is 0.142 e. The molecule has 8 nitrogen and oxygen atoms in total. The van der Waals surface area contributed by atoms with Crippen LogP contribution in [-0.2, 0) is 30.7 Å². The summed E-state index contributed by atoms with van der Waals surface area (Å²) in [7, 11) is 3.83. The number of ether oxygens (including phenoxy) is 2. The summed E-state index contributed by atoms with van der Waals surface area (Å²) in [6.45, 7) is 3.58. The highest BCUT2D eigenvalue weighted by molar-refractivity contribution is 7.22. The summed E-state index contributed by atoms with van der Waals surface area (Å²) in [5.74, 6) is 0.972. The molecule has 0 spiro atoms. The van der Waals surface area contributed by atoms with Crippen molar-refractivity contribution in [2.24, 2.45) is 0 Å². The van der Waals surface area contributed by atoms with E-state index in [0.717, 1.165) is 66.4 Å². The molecule has 0 aliphatic heterocycles. The van der Waals surface area contributed by atoms with Crippen molar-refractivity contribution in [2.75, 3.05) is 39.2 Å². The zero-order chi connectivity index (χ0) is 28.3. The second-order valence-electron chi connectivity index (χ2n) is 10.0. The van der Waals surface area contributed by atoms with Gasteiger partial charge < -0.3 is 19.7 Å². The number of methoxy groups -OCH3 is 1. The molecule has 41 heavy (non-hydrogen) atoms. The first kappa shape index (κ1) is 27.6. The van der Waals surface area contributed by atoms with Gasteiger partial charge in [-0.05, 0) is 61.3 Å². The molecular formula is C30H30ClFN6O2S. The van der Waals surface area contributed by atoms with Crippen molar-refractivity contribution in [3.63, 3.8) is 0 Å². The van der Waals surface area contributed by atoms with E-state index in [4.69, 9.17) is 26.2 Å². The third kappa shape index (κ3) is 5.92.